The van der Waals surface area contributed by atoms with Gasteiger partial charge in [0.15, 0.2) is 23.3 Å². The zero-order valence-electron chi connectivity index (χ0n) is 22.5. The largest absolute Gasteiger partial charge is 0.396 e. The van der Waals surface area contributed by atoms with Crippen LogP contribution < -0.4 is 10.6 Å². The summed E-state index contributed by atoms with van der Waals surface area (Å²) in [5, 5.41) is 37.0. The summed E-state index contributed by atoms with van der Waals surface area (Å²) in [7, 11) is 0. The Bertz CT molecular complexity index is 1610. The van der Waals surface area contributed by atoms with E-state index in [0.717, 1.165) is 11.6 Å². The molecule has 0 bridgehead atoms. The third-order valence-electron chi connectivity index (χ3n) is 7.45. The second-order valence-corrected chi connectivity index (χ2v) is 11.2. The Hall–Kier alpha value is -3.46. The number of aliphatic hydroxyl groups excluding tert-OH is 3. The molecule has 1 fully saturated rings. The number of benzene rings is 1. The van der Waals surface area contributed by atoms with Crippen LogP contribution in [0, 0.1) is 50.0 Å². The van der Waals surface area contributed by atoms with E-state index in [1.54, 1.807) is 13.1 Å². The molecule has 3 heterocycles. The topological polar surface area (TPSA) is 136 Å². The standard InChI is InChI=1S/C27H28F4N6O3S/c1-9-18(28)20(30)16(21(31)19(9)29)10(2)33-27-34-11(3)17(26-36-22-12(4)32-6-5-15(22)41-26)25(37-27)35-14-7-13(8-38)23(39)24(14)40/h5-6,10,13-14,23-24,38-40H,7-8H2,1-4H3,(H2,33,34,35,37)/t10-,13-,14?,23-,24+/m1/s1. The van der Waals surface area contributed by atoms with Crippen LogP contribution in [0.5, 0.6) is 0 Å². The van der Waals surface area contributed by atoms with Crippen molar-refractivity contribution in [2.24, 2.45) is 5.92 Å². The smallest absolute Gasteiger partial charge is 0.225 e. The van der Waals surface area contributed by atoms with E-state index in [1.807, 2.05) is 13.0 Å². The molecule has 0 radical (unpaired) electrons. The maximum Gasteiger partial charge on any atom is 0.225 e. The highest BCUT2D eigenvalue weighted by Crippen LogP contribution is 2.39. The zero-order chi connectivity index (χ0) is 29.7. The first-order valence-electron chi connectivity index (χ1n) is 12.9. The average molecular weight is 593 g/mol. The number of hydrogen-bond donors (Lipinski definition) is 5. The third-order valence-corrected chi connectivity index (χ3v) is 8.49. The van der Waals surface area contributed by atoms with Gasteiger partial charge < -0.3 is 26.0 Å². The lowest BCUT2D eigenvalue weighted by Crippen LogP contribution is -2.35. The van der Waals surface area contributed by atoms with Gasteiger partial charge in [-0.3, -0.25) is 4.98 Å². The van der Waals surface area contributed by atoms with Gasteiger partial charge in [-0.25, -0.2) is 27.5 Å². The SMILES string of the molecule is Cc1nc(N[C@H](C)c2c(F)c(F)c(C)c(F)c2F)nc(NC2C[C@H](CO)[C@@H](O)[C@H]2O)c1-c1nc2c(C)nccc2s1. The quantitative estimate of drug-likeness (QED) is 0.157. The van der Waals surface area contributed by atoms with Gasteiger partial charge in [-0.1, -0.05) is 0 Å². The Morgan fingerprint density at radius 3 is 2.27 bits per heavy atom. The van der Waals surface area contributed by atoms with Gasteiger partial charge in [0, 0.05) is 24.3 Å². The summed E-state index contributed by atoms with van der Waals surface area (Å²) in [6.45, 7) is 5.40. The summed E-state index contributed by atoms with van der Waals surface area (Å²) in [6.07, 6.45) is -0.512. The zero-order valence-corrected chi connectivity index (χ0v) is 23.3. The molecule has 5 rings (SSSR count). The molecule has 218 valence electrons. The molecule has 1 aliphatic rings. The lowest BCUT2D eigenvalue weighted by atomic mass is 10.0. The highest BCUT2D eigenvalue weighted by atomic mass is 32.1. The van der Waals surface area contributed by atoms with Gasteiger partial charge in [0.05, 0.1) is 45.4 Å². The van der Waals surface area contributed by atoms with Crippen LogP contribution in [0.2, 0.25) is 0 Å². The molecule has 1 aliphatic carbocycles. The number of anilines is 2. The minimum absolute atomic E-state index is 0.118. The number of fused-ring (bicyclic) bond motifs is 1. The maximum absolute atomic E-state index is 14.7. The number of rotatable bonds is 7. The van der Waals surface area contributed by atoms with Crippen molar-refractivity contribution >= 4 is 33.3 Å². The molecule has 5 N–H and O–H groups in total. The Morgan fingerprint density at radius 1 is 0.976 bits per heavy atom. The molecule has 14 heteroatoms. The summed E-state index contributed by atoms with van der Waals surface area (Å²) in [5.41, 5.74) is 0.656. The van der Waals surface area contributed by atoms with E-state index in [0.29, 0.717) is 27.5 Å². The van der Waals surface area contributed by atoms with Crippen LogP contribution >= 0.6 is 11.3 Å². The van der Waals surface area contributed by atoms with Crippen LogP contribution in [0.3, 0.4) is 0 Å². The van der Waals surface area contributed by atoms with E-state index in [4.69, 9.17) is 4.98 Å². The van der Waals surface area contributed by atoms with E-state index in [-0.39, 0.29) is 24.8 Å². The number of nitrogens with one attached hydrogen (secondary N) is 2. The Balaban J connectivity index is 1.58. The van der Waals surface area contributed by atoms with Crippen LogP contribution in [-0.2, 0) is 0 Å². The number of pyridine rings is 1. The molecule has 0 amide bonds. The third kappa shape index (κ3) is 5.09. The molecule has 3 aromatic heterocycles. The number of nitrogens with zero attached hydrogens (tertiary/aromatic N) is 4. The second-order valence-electron chi connectivity index (χ2n) is 10.2. The highest BCUT2D eigenvalue weighted by molar-refractivity contribution is 7.21. The first-order valence-corrected chi connectivity index (χ1v) is 13.7. The van der Waals surface area contributed by atoms with E-state index >= 15 is 0 Å². The molecular formula is C27H28F4N6O3S. The Labute approximate surface area is 236 Å². The second kappa shape index (κ2) is 11.1. The molecule has 1 aromatic carbocycles. The van der Waals surface area contributed by atoms with Crippen LogP contribution in [0.15, 0.2) is 12.3 Å². The summed E-state index contributed by atoms with van der Waals surface area (Å²) in [6, 6.07) is -0.184. The summed E-state index contributed by atoms with van der Waals surface area (Å²) in [5.74, 6) is -6.53. The number of halogens is 4. The molecule has 1 unspecified atom stereocenters. The molecule has 0 aliphatic heterocycles. The van der Waals surface area contributed by atoms with Crippen LogP contribution in [-0.4, -0.2) is 60.1 Å². The van der Waals surface area contributed by atoms with E-state index in [2.05, 4.69) is 25.6 Å². The van der Waals surface area contributed by atoms with E-state index in [1.165, 1.54) is 18.3 Å². The molecule has 1 saturated carbocycles. The van der Waals surface area contributed by atoms with Crippen LogP contribution in [0.25, 0.3) is 20.8 Å². The lowest BCUT2D eigenvalue weighted by molar-refractivity contribution is 0.00446. The van der Waals surface area contributed by atoms with Gasteiger partial charge in [0.2, 0.25) is 5.95 Å². The van der Waals surface area contributed by atoms with Crippen LogP contribution in [0.1, 0.15) is 41.9 Å². The predicted molar refractivity (Wildman–Crippen MR) is 146 cm³/mol. The first kappa shape index (κ1) is 29.0. The van der Waals surface area contributed by atoms with Crippen molar-refractivity contribution in [3.63, 3.8) is 0 Å². The summed E-state index contributed by atoms with van der Waals surface area (Å²) < 4.78 is 58.8. The normalized spacial score (nSPS) is 21.4. The van der Waals surface area contributed by atoms with Crippen molar-refractivity contribution in [3.8, 4) is 10.6 Å². The fraction of sp³-hybridized carbons (Fsp3) is 0.407. The molecule has 5 atom stereocenters. The first-order chi connectivity index (χ1) is 19.4. The van der Waals surface area contributed by atoms with Gasteiger partial charge in [0.25, 0.3) is 0 Å². The van der Waals surface area contributed by atoms with E-state index < -0.39 is 64.6 Å². The lowest BCUT2D eigenvalue weighted by Gasteiger charge is -2.22. The summed E-state index contributed by atoms with van der Waals surface area (Å²) >= 11 is 1.36. The number of aromatic nitrogens is 4. The van der Waals surface area contributed by atoms with Gasteiger partial charge in [-0.2, -0.15) is 4.98 Å². The Kier molecular flexibility index (Phi) is 7.85. The molecule has 41 heavy (non-hydrogen) atoms. The minimum Gasteiger partial charge on any atom is -0.396 e. The van der Waals surface area contributed by atoms with Crippen LogP contribution in [0.4, 0.5) is 29.3 Å². The highest BCUT2D eigenvalue weighted by Gasteiger charge is 2.41. The number of aryl methyl sites for hydroxylation is 2. The van der Waals surface area contributed by atoms with Crippen molar-refractivity contribution in [3.05, 3.63) is 58.0 Å². The van der Waals surface area contributed by atoms with Gasteiger partial charge >= 0.3 is 0 Å². The van der Waals surface area contributed by atoms with Crippen molar-refractivity contribution in [1.82, 2.24) is 19.9 Å². The molecule has 4 aromatic rings. The Morgan fingerprint density at radius 2 is 1.66 bits per heavy atom. The summed E-state index contributed by atoms with van der Waals surface area (Å²) in [4.78, 5) is 17.9. The predicted octanol–water partition coefficient (Wildman–Crippen LogP) is 4.32. The number of hydrogen-bond acceptors (Lipinski definition) is 10. The van der Waals surface area contributed by atoms with Crippen molar-refractivity contribution in [2.75, 3.05) is 17.2 Å². The van der Waals surface area contributed by atoms with Gasteiger partial charge in [-0.15, -0.1) is 11.3 Å². The number of aliphatic hydroxyl groups is 3. The molecular weight excluding hydrogens is 564 g/mol. The van der Waals surface area contributed by atoms with E-state index in [9.17, 15) is 32.9 Å². The average Bonchev–Trinajstić information content (AvgIpc) is 3.48. The van der Waals surface area contributed by atoms with Gasteiger partial charge in [-0.05, 0) is 40.2 Å². The number of thiazole rings is 1. The van der Waals surface area contributed by atoms with Crippen molar-refractivity contribution in [2.45, 2.75) is 58.4 Å². The monoisotopic (exact) mass is 592 g/mol. The van der Waals surface area contributed by atoms with Crippen molar-refractivity contribution in [1.29, 1.82) is 0 Å². The maximum atomic E-state index is 14.7. The molecule has 9 nitrogen and oxygen atoms in total. The molecule has 0 spiro atoms. The van der Waals surface area contributed by atoms with Gasteiger partial charge in [0.1, 0.15) is 22.4 Å². The minimum atomic E-state index is -1.52. The molecule has 0 saturated heterocycles. The fourth-order valence-electron chi connectivity index (χ4n) is 5.12. The fourth-order valence-corrected chi connectivity index (χ4v) is 6.23. The van der Waals surface area contributed by atoms with Crippen molar-refractivity contribution < 1.29 is 32.9 Å².